The summed E-state index contributed by atoms with van der Waals surface area (Å²) in [5, 5.41) is 0.657. The van der Waals surface area contributed by atoms with E-state index in [1.807, 2.05) is 16.8 Å². The number of hydrogen-bond acceptors (Lipinski definition) is 0. The van der Waals surface area contributed by atoms with Crippen LogP contribution in [0.2, 0.25) is 0 Å². The van der Waals surface area contributed by atoms with E-state index in [0.29, 0.717) is 11.9 Å². The average Bonchev–Trinajstić information content (AvgIpc) is 2.61. The molecule has 0 radical (unpaired) electrons. The van der Waals surface area contributed by atoms with Crippen LogP contribution in [0, 0.1) is 23.1 Å². The molecule has 0 atom stereocenters. The first kappa shape index (κ1) is 11.7. The molecule has 0 amide bonds. The van der Waals surface area contributed by atoms with Gasteiger partial charge in [-0.25, -0.2) is 4.39 Å². The molecule has 2 aromatic rings. The zero-order valence-electron chi connectivity index (χ0n) is 10.4. The number of nitrogens with zero attached hydrogens (tertiary/aromatic N) is 1. The lowest BCUT2D eigenvalue weighted by molar-refractivity contribution is 0.569. The SMILES string of the molecule is CC(C)(C)C#CCn1ccc2c(F)cccc21. The monoisotopic (exact) mass is 229 g/mol. The molecule has 1 nitrogen and oxygen atoms in total. The quantitative estimate of drug-likeness (QED) is 0.655. The molecule has 0 aliphatic heterocycles. The van der Waals surface area contributed by atoms with Crippen LogP contribution in [0.15, 0.2) is 30.5 Å². The molecular weight excluding hydrogens is 213 g/mol. The van der Waals surface area contributed by atoms with Gasteiger partial charge in [0.25, 0.3) is 0 Å². The van der Waals surface area contributed by atoms with E-state index in [1.165, 1.54) is 6.07 Å². The third kappa shape index (κ3) is 2.68. The first-order valence-electron chi connectivity index (χ1n) is 5.71. The van der Waals surface area contributed by atoms with Gasteiger partial charge in [-0.05, 0) is 39.0 Å². The fourth-order valence-corrected chi connectivity index (χ4v) is 1.71. The highest BCUT2D eigenvalue weighted by Crippen LogP contribution is 2.18. The maximum atomic E-state index is 13.5. The van der Waals surface area contributed by atoms with Gasteiger partial charge in [-0.1, -0.05) is 17.9 Å². The van der Waals surface area contributed by atoms with Crippen molar-refractivity contribution >= 4 is 10.9 Å². The number of benzene rings is 1. The van der Waals surface area contributed by atoms with Gasteiger partial charge in [0.05, 0.1) is 12.1 Å². The summed E-state index contributed by atoms with van der Waals surface area (Å²) in [7, 11) is 0. The minimum absolute atomic E-state index is 0.00814. The van der Waals surface area contributed by atoms with Gasteiger partial charge >= 0.3 is 0 Å². The topological polar surface area (TPSA) is 4.93 Å². The summed E-state index contributed by atoms with van der Waals surface area (Å²) in [5.74, 6) is 6.13. The van der Waals surface area contributed by atoms with Crippen LogP contribution in [-0.4, -0.2) is 4.57 Å². The summed E-state index contributed by atoms with van der Waals surface area (Å²) in [4.78, 5) is 0. The van der Waals surface area contributed by atoms with Gasteiger partial charge in [-0.3, -0.25) is 0 Å². The lowest BCUT2D eigenvalue weighted by atomic mass is 9.98. The molecule has 0 saturated heterocycles. The van der Waals surface area contributed by atoms with Crippen molar-refractivity contribution in [2.75, 3.05) is 0 Å². The van der Waals surface area contributed by atoms with E-state index in [9.17, 15) is 4.39 Å². The minimum atomic E-state index is -0.176. The number of aromatic nitrogens is 1. The van der Waals surface area contributed by atoms with Crippen LogP contribution in [0.5, 0.6) is 0 Å². The lowest BCUT2D eigenvalue weighted by Crippen LogP contribution is -2.01. The minimum Gasteiger partial charge on any atom is -0.336 e. The molecule has 0 spiro atoms. The summed E-state index contributed by atoms with van der Waals surface area (Å²) in [6, 6.07) is 6.92. The predicted octanol–water partition coefficient (Wildman–Crippen LogP) is 3.83. The summed E-state index contributed by atoms with van der Waals surface area (Å²) < 4.78 is 15.4. The first-order chi connectivity index (χ1) is 7.97. The maximum absolute atomic E-state index is 13.5. The van der Waals surface area contributed by atoms with Gasteiger partial charge in [-0.15, -0.1) is 0 Å². The Balaban J connectivity index is 2.31. The molecule has 0 bridgehead atoms. The Kier molecular flexibility index (Phi) is 2.93. The molecule has 1 aromatic carbocycles. The third-order valence-electron chi connectivity index (χ3n) is 2.47. The van der Waals surface area contributed by atoms with Gasteiger partial charge < -0.3 is 4.57 Å². The zero-order chi connectivity index (χ0) is 12.5. The Hall–Kier alpha value is -1.75. The maximum Gasteiger partial charge on any atom is 0.132 e. The molecule has 0 N–H and O–H groups in total. The van der Waals surface area contributed by atoms with Crippen molar-refractivity contribution < 1.29 is 4.39 Å². The summed E-state index contributed by atoms with van der Waals surface area (Å²) in [6.45, 7) is 6.83. The number of halogens is 1. The van der Waals surface area contributed by atoms with Gasteiger partial charge in [0.2, 0.25) is 0 Å². The van der Waals surface area contributed by atoms with Crippen molar-refractivity contribution in [1.29, 1.82) is 0 Å². The van der Waals surface area contributed by atoms with Crippen LogP contribution < -0.4 is 0 Å². The first-order valence-corrected chi connectivity index (χ1v) is 5.71. The van der Waals surface area contributed by atoms with Crippen molar-refractivity contribution in [3.8, 4) is 11.8 Å². The van der Waals surface area contributed by atoms with Crippen molar-refractivity contribution in [2.24, 2.45) is 5.41 Å². The normalized spacial score (nSPS) is 11.3. The second-order valence-electron chi connectivity index (χ2n) is 5.17. The fourth-order valence-electron chi connectivity index (χ4n) is 1.71. The molecule has 0 aliphatic carbocycles. The van der Waals surface area contributed by atoms with E-state index >= 15 is 0 Å². The van der Waals surface area contributed by atoms with Gasteiger partial charge in [0.15, 0.2) is 0 Å². The molecule has 1 aromatic heterocycles. The van der Waals surface area contributed by atoms with Crippen LogP contribution in [0.3, 0.4) is 0 Å². The van der Waals surface area contributed by atoms with Gasteiger partial charge in [-0.2, -0.15) is 0 Å². The van der Waals surface area contributed by atoms with Crippen LogP contribution in [0.1, 0.15) is 20.8 Å². The predicted molar refractivity (Wildman–Crippen MR) is 69.1 cm³/mol. The highest BCUT2D eigenvalue weighted by Gasteiger charge is 2.05. The second kappa shape index (κ2) is 4.25. The molecule has 0 saturated carbocycles. The summed E-state index contributed by atoms with van der Waals surface area (Å²) >= 11 is 0. The Morgan fingerprint density at radius 1 is 1.24 bits per heavy atom. The van der Waals surface area contributed by atoms with E-state index in [4.69, 9.17) is 0 Å². The van der Waals surface area contributed by atoms with Crippen LogP contribution >= 0.6 is 0 Å². The zero-order valence-corrected chi connectivity index (χ0v) is 10.4. The largest absolute Gasteiger partial charge is 0.336 e. The van der Waals surface area contributed by atoms with E-state index in [2.05, 4.69) is 32.6 Å². The summed E-state index contributed by atoms with van der Waals surface area (Å²) in [5.41, 5.74) is 0.905. The standard InChI is InChI=1S/C15H16FN/c1-15(2,3)9-5-10-17-11-8-12-13(16)6-4-7-14(12)17/h4,6-8,11H,10H2,1-3H3. The molecule has 88 valence electrons. The Bertz CT molecular complexity index is 591. The Morgan fingerprint density at radius 2 is 2.00 bits per heavy atom. The smallest absolute Gasteiger partial charge is 0.132 e. The molecular formula is C15H16FN. The number of rotatable bonds is 1. The van der Waals surface area contributed by atoms with Crippen molar-refractivity contribution in [2.45, 2.75) is 27.3 Å². The Labute approximate surface area is 101 Å². The molecule has 2 rings (SSSR count). The van der Waals surface area contributed by atoms with Gasteiger partial charge in [0.1, 0.15) is 5.82 Å². The molecule has 0 unspecified atom stereocenters. The van der Waals surface area contributed by atoms with Crippen LogP contribution in [-0.2, 0) is 6.54 Å². The highest BCUT2D eigenvalue weighted by molar-refractivity contribution is 5.80. The number of fused-ring (bicyclic) bond motifs is 1. The number of hydrogen-bond donors (Lipinski definition) is 0. The van der Waals surface area contributed by atoms with Gasteiger partial charge in [0, 0.05) is 17.0 Å². The van der Waals surface area contributed by atoms with Crippen molar-refractivity contribution in [3.63, 3.8) is 0 Å². The van der Waals surface area contributed by atoms with Crippen LogP contribution in [0.4, 0.5) is 4.39 Å². The van der Waals surface area contributed by atoms with E-state index in [-0.39, 0.29) is 11.2 Å². The average molecular weight is 229 g/mol. The Morgan fingerprint density at radius 3 is 2.71 bits per heavy atom. The highest BCUT2D eigenvalue weighted by atomic mass is 19.1. The second-order valence-corrected chi connectivity index (χ2v) is 5.17. The van der Waals surface area contributed by atoms with E-state index in [1.54, 1.807) is 12.1 Å². The third-order valence-corrected chi connectivity index (χ3v) is 2.47. The molecule has 0 fully saturated rings. The molecule has 17 heavy (non-hydrogen) atoms. The molecule has 2 heteroatoms. The molecule has 1 heterocycles. The summed E-state index contributed by atoms with van der Waals surface area (Å²) in [6.07, 6.45) is 1.88. The van der Waals surface area contributed by atoms with Crippen molar-refractivity contribution in [1.82, 2.24) is 4.57 Å². The fraction of sp³-hybridized carbons (Fsp3) is 0.333. The lowest BCUT2D eigenvalue weighted by Gasteiger charge is -2.07. The van der Waals surface area contributed by atoms with E-state index < -0.39 is 0 Å². The van der Waals surface area contributed by atoms with Crippen LogP contribution in [0.25, 0.3) is 10.9 Å². The molecule has 0 aliphatic rings. The van der Waals surface area contributed by atoms with Crippen molar-refractivity contribution in [3.05, 3.63) is 36.3 Å². The van der Waals surface area contributed by atoms with E-state index in [0.717, 1.165) is 5.52 Å².